The molecule has 0 atom stereocenters. The summed E-state index contributed by atoms with van der Waals surface area (Å²) in [6, 6.07) is 11.5. The number of benzene rings is 2. The van der Waals surface area contributed by atoms with Gasteiger partial charge in [-0.05, 0) is 48.9 Å². The van der Waals surface area contributed by atoms with Crippen molar-refractivity contribution in [1.29, 1.82) is 0 Å². The Bertz CT molecular complexity index is 647. The van der Waals surface area contributed by atoms with Crippen molar-refractivity contribution in [2.75, 3.05) is 13.2 Å². The van der Waals surface area contributed by atoms with Crippen LogP contribution in [0.25, 0.3) is 0 Å². The van der Waals surface area contributed by atoms with Gasteiger partial charge in [-0.2, -0.15) is 0 Å². The Morgan fingerprint density at radius 3 is 2.35 bits per heavy atom. The predicted octanol–water partition coefficient (Wildman–Crippen LogP) is 5.08. The van der Waals surface area contributed by atoms with Crippen molar-refractivity contribution in [1.82, 2.24) is 5.32 Å². The number of ether oxygens (including phenoxy) is 2. The first kappa shape index (κ1) is 17.9. The van der Waals surface area contributed by atoms with Gasteiger partial charge in [-0.15, -0.1) is 0 Å². The van der Waals surface area contributed by atoms with Crippen LogP contribution in [0.5, 0.6) is 11.5 Å². The number of hydrogen-bond acceptors (Lipinski definition) is 3. The molecule has 0 aliphatic carbocycles. The van der Waals surface area contributed by atoms with Crippen molar-refractivity contribution in [3.05, 3.63) is 57.6 Å². The highest BCUT2D eigenvalue weighted by Crippen LogP contribution is 2.30. The molecule has 2 rings (SSSR count). The van der Waals surface area contributed by atoms with Crippen LogP contribution in [0.3, 0.4) is 0 Å². The molecule has 0 spiro atoms. The summed E-state index contributed by atoms with van der Waals surface area (Å²) in [6.07, 6.45) is 0. The van der Waals surface area contributed by atoms with Crippen LogP contribution < -0.4 is 14.8 Å². The molecule has 0 aliphatic rings. The number of nitrogens with one attached hydrogen (secondary N) is 1. The minimum absolute atomic E-state index is 0.406. The van der Waals surface area contributed by atoms with Crippen molar-refractivity contribution in [3.63, 3.8) is 0 Å². The van der Waals surface area contributed by atoms with E-state index in [4.69, 9.17) is 32.7 Å². The number of hydrogen-bond donors (Lipinski definition) is 1. The van der Waals surface area contributed by atoms with Gasteiger partial charge in [-0.3, -0.25) is 0 Å². The van der Waals surface area contributed by atoms with Crippen LogP contribution in [0.15, 0.2) is 36.4 Å². The second-order valence-electron chi connectivity index (χ2n) is 5.03. The van der Waals surface area contributed by atoms with Gasteiger partial charge in [0.2, 0.25) is 0 Å². The third-order valence-electron chi connectivity index (χ3n) is 3.27. The largest absolute Gasteiger partial charge is 0.490 e. The van der Waals surface area contributed by atoms with Crippen molar-refractivity contribution >= 4 is 23.2 Å². The summed E-state index contributed by atoms with van der Waals surface area (Å²) in [7, 11) is 0. The standard InChI is InChI=1S/C18H21Cl2NO2/c1-3-21-11-13-6-8-17(18(10-13)22-4-2)23-12-14-5-7-15(19)16(20)9-14/h5-10,21H,3-4,11-12H2,1-2H3. The lowest BCUT2D eigenvalue weighted by Gasteiger charge is -2.14. The Hall–Kier alpha value is -1.42. The van der Waals surface area contributed by atoms with E-state index in [1.807, 2.05) is 37.3 Å². The maximum atomic E-state index is 6.03. The quantitative estimate of drug-likeness (QED) is 0.717. The SMILES string of the molecule is CCNCc1ccc(OCc2ccc(Cl)c(Cl)c2)c(OCC)c1. The van der Waals surface area contributed by atoms with E-state index in [1.165, 1.54) is 0 Å². The van der Waals surface area contributed by atoms with Gasteiger partial charge in [0.1, 0.15) is 6.61 Å². The van der Waals surface area contributed by atoms with Crippen LogP contribution in [-0.4, -0.2) is 13.2 Å². The molecule has 0 fully saturated rings. The molecule has 23 heavy (non-hydrogen) atoms. The van der Waals surface area contributed by atoms with E-state index in [2.05, 4.69) is 12.2 Å². The Morgan fingerprint density at radius 2 is 1.65 bits per heavy atom. The Morgan fingerprint density at radius 1 is 0.870 bits per heavy atom. The highest BCUT2D eigenvalue weighted by atomic mass is 35.5. The summed E-state index contributed by atoms with van der Waals surface area (Å²) in [5.74, 6) is 1.47. The van der Waals surface area contributed by atoms with Crippen LogP contribution in [0.1, 0.15) is 25.0 Å². The van der Waals surface area contributed by atoms with Gasteiger partial charge < -0.3 is 14.8 Å². The average Bonchev–Trinajstić information content (AvgIpc) is 2.55. The van der Waals surface area contributed by atoms with Gasteiger partial charge in [0, 0.05) is 6.54 Å². The van der Waals surface area contributed by atoms with E-state index in [1.54, 1.807) is 6.07 Å². The van der Waals surface area contributed by atoms with Gasteiger partial charge in [0.25, 0.3) is 0 Å². The highest BCUT2D eigenvalue weighted by molar-refractivity contribution is 6.42. The molecule has 0 aliphatic heterocycles. The molecule has 0 aromatic heterocycles. The molecule has 1 N–H and O–H groups in total. The third kappa shape index (κ3) is 5.31. The molecule has 0 heterocycles. The summed E-state index contributed by atoms with van der Waals surface area (Å²) in [5.41, 5.74) is 2.12. The van der Waals surface area contributed by atoms with Crippen LogP contribution in [0, 0.1) is 0 Å². The van der Waals surface area contributed by atoms with Gasteiger partial charge in [0.15, 0.2) is 11.5 Å². The fraction of sp³-hybridized carbons (Fsp3) is 0.333. The fourth-order valence-corrected chi connectivity index (χ4v) is 2.43. The van der Waals surface area contributed by atoms with Crippen molar-refractivity contribution in [2.24, 2.45) is 0 Å². The van der Waals surface area contributed by atoms with Crippen LogP contribution in [-0.2, 0) is 13.2 Å². The topological polar surface area (TPSA) is 30.5 Å². The van der Waals surface area contributed by atoms with Gasteiger partial charge in [-0.25, -0.2) is 0 Å². The summed E-state index contributed by atoms with van der Waals surface area (Å²) < 4.78 is 11.6. The smallest absolute Gasteiger partial charge is 0.161 e. The first-order chi connectivity index (χ1) is 11.1. The van der Waals surface area contributed by atoms with Crippen LogP contribution in [0.2, 0.25) is 10.0 Å². The minimum Gasteiger partial charge on any atom is -0.490 e. The molecule has 3 nitrogen and oxygen atoms in total. The molecular weight excluding hydrogens is 333 g/mol. The first-order valence-electron chi connectivity index (χ1n) is 7.67. The van der Waals surface area contributed by atoms with Crippen molar-refractivity contribution < 1.29 is 9.47 Å². The van der Waals surface area contributed by atoms with E-state index >= 15 is 0 Å². The van der Waals surface area contributed by atoms with Gasteiger partial charge in [-0.1, -0.05) is 42.3 Å². The lowest BCUT2D eigenvalue weighted by molar-refractivity contribution is 0.269. The summed E-state index contributed by atoms with van der Waals surface area (Å²) in [6.45, 7) is 6.78. The molecule has 124 valence electrons. The molecule has 5 heteroatoms. The third-order valence-corrected chi connectivity index (χ3v) is 4.00. The Labute approximate surface area is 147 Å². The molecule has 0 unspecified atom stereocenters. The van der Waals surface area contributed by atoms with Crippen molar-refractivity contribution in [3.8, 4) is 11.5 Å². The van der Waals surface area contributed by atoms with Crippen LogP contribution >= 0.6 is 23.2 Å². The Balaban J connectivity index is 2.09. The molecule has 2 aromatic carbocycles. The normalized spacial score (nSPS) is 10.6. The lowest BCUT2D eigenvalue weighted by atomic mass is 10.2. The molecular formula is C18H21Cl2NO2. The van der Waals surface area contributed by atoms with Crippen molar-refractivity contribution in [2.45, 2.75) is 27.0 Å². The molecule has 2 aromatic rings. The maximum Gasteiger partial charge on any atom is 0.161 e. The molecule has 0 saturated carbocycles. The molecule has 0 amide bonds. The Kier molecular flexibility index (Phi) is 7.03. The summed E-state index contributed by atoms with van der Waals surface area (Å²) in [4.78, 5) is 0. The van der Waals surface area contributed by atoms with Gasteiger partial charge >= 0.3 is 0 Å². The second-order valence-corrected chi connectivity index (χ2v) is 5.85. The lowest BCUT2D eigenvalue weighted by Crippen LogP contribution is -2.12. The van der Waals surface area contributed by atoms with E-state index in [0.717, 1.165) is 35.7 Å². The van der Waals surface area contributed by atoms with E-state index in [9.17, 15) is 0 Å². The van der Waals surface area contributed by atoms with Gasteiger partial charge in [0.05, 0.1) is 16.7 Å². The molecule has 0 saturated heterocycles. The van der Waals surface area contributed by atoms with E-state index in [0.29, 0.717) is 23.3 Å². The highest BCUT2D eigenvalue weighted by Gasteiger charge is 2.08. The minimum atomic E-state index is 0.406. The summed E-state index contributed by atoms with van der Waals surface area (Å²) >= 11 is 12.0. The monoisotopic (exact) mass is 353 g/mol. The van der Waals surface area contributed by atoms with Crippen LogP contribution in [0.4, 0.5) is 0 Å². The maximum absolute atomic E-state index is 6.03. The number of rotatable bonds is 8. The average molecular weight is 354 g/mol. The summed E-state index contributed by atoms with van der Waals surface area (Å²) in [5, 5.41) is 4.37. The predicted molar refractivity (Wildman–Crippen MR) is 95.8 cm³/mol. The molecule has 0 bridgehead atoms. The second kappa shape index (κ2) is 9.02. The number of halogens is 2. The zero-order chi connectivity index (χ0) is 16.7. The van der Waals surface area contributed by atoms with E-state index < -0.39 is 0 Å². The zero-order valence-electron chi connectivity index (χ0n) is 13.4. The molecule has 0 radical (unpaired) electrons. The first-order valence-corrected chi connectivity index (χ1v) is 8.42. The fourth-order valence-electron chi connectivity index (χ4n) is 2.11. The zero-order valence-corrected chi connectivity index (χ0v) is 14.9. The van der Waals surface area contributed by atoms with E-state index in [-0.39, 0.29) is 0 Å².